The topological polar surface area (TPSA) is 38.3 Å². The molecule has 1 aliphatic carbocycles. The number of carbonyl (C=O) groups excluding carboxylic acids is 1. The monoisotopic (exact) mass is 341 g/mol. The van der Waals surface area contributed by atoms with E-state index in [4.69, 9.17) is 4.74 Å². The van der Waals surface area contributed by atoms with Crippen LogP contribution in [-0.4, -0.2) is 19.1 Å². The number of benzene rings is 2. The smallest absolute Gasteiger partial charge is 0.230 e. The summed E-state index contributed by atoms with van der Waals surface area (Å²) in [7, 11) is 0. The van der Waals surface area contributed by atoms with Gasteiger partial charge in [-0.05, 0) is 49.6 Å². The number of hydrogen-bond donors (Lipinski definition) is 1. The minimum Gasteiger partial charge on any atom is -0.492 e. The molecule has 3 nitrogen and oxygen atoms in total. The van der Waals surface area contributed by atoms with E-state index < -0.39 is 5.41 Å². The van der Waals surface area contributed by atoms with Crippen LogP contribution in [0.3, 0.4) is 0 Å². The Morgan fingerprint density at radius 3 is 2.56 bits per heavy atom. The first-order chi connectivity index (χ1) is 12.1. The SMILES string of the molecule is Cc1ccc(OCCNC(=O)C2(c3cccc(F)c3)CCCC2)cc1. The first-order valence-electron chi connectivity index (χ1n) is 8.84. The van der Waals surface area contributed by atoms with Gasteiger partial charge in [-0.3, -0.25) is 4.79 Å². The van der Waals surface area contributed by atoms with E-state index in [1.165, 1.54) is 17.7 Å². The average Bonchev–Trinajstić information content (AvgIpc) is 3.11. The van der Waals surface area contributed by atoms with Crippen molar-refractivity contribution in [3.8, 4) is 5.75 Å². The van der Waals surface area contributed by atoms with Crippen LogP contribution in [0.4, 0.5) is 4.39 Å². The van der Waals surface area contributed by atoms with Crippen molar-refractivity contribution >= 4 is 5.91 Å². The molecule has 0 aliphatic heterocycles. The molecule has 0 spiro atoms. The second kappa shape index (κ2) is 7.68. The lowest BCUT2D eigenvalue weighted by molar-refractivity contribution is -0.126. The Bertz CT molecular complexity index is 721. The highest BCUT2D eigenvalue weighted by Gasteiger charge is 2.42. The molecule has 1 saturated carbocycles. The minimum atomic E-state index is -0.605. The summed E-state index contributed by atoms with van der Waals surface area (Å²) in [6.45, 7) is 2.87. The molecule has 0 atom stereocenters. The summed E-state index contributed by atoms with van der Waals surface area (Å²) < 4.78 is 19.3. The minimum absolute atomic E-state index is 0.0249. The number of hydrogen-bond acceptors (Lipinski definition) is 2. The van der Waals surface area contributed by atoms with Crippen LogP contribution >= 0.6 is 0 Å². The number of halogens is 1. The Labute approximate surface area is 148 Å². The predicted octanol–water partition coefficient (Wildman–Crippen LogP) is 4.14. The van der Waals surface area contributed by atoms with E-state index in [0.717, 1.165) is 37.0 Å². The van der Waals surface area contributed by atoms with Crippen LogP contribution in [-0.2, 0) is 10.2 Å². The predicted molar refractivity (Wildman–Crippen MR) is 96.2 cm³/mol. The molecule has 2 aromatic rings. The van der Waals surface area contributed by atoms with Crippen molar-refractivity contribution < 1.29 is 13.9 Å². The van der Waals surface area contributed by atoms with Crippen LogP contribution in [0.15, 0.2) is 48.5 Å². The molecule has 3 rings (SSSR count). The maximum Gasteiger partial charge on any atom is 0.230 e. The molecule has 0 unspecified atom stereocenters. The van der Waals surface area contributed by atoms with E-state index in [9.17, 15) is 9.18 Å². The van der Waals surface area contributed by atoms with E-state index in [1.54, 1.807) is 6.07 Å². The van der Waals surface area contributed by atoms with Gasteiger partial charge in [-0.25, -0.2) is 4.39 Å². The number of ether oxygens (including phenoxy) is 1. The highest BCUT2D eigenvalue weighted by molar-refractivity contribution is 5.88. The van der Waals surface area contributed by atoms with Gasteiger partial charge in [-0.1, -0.05) is 42.7 Å². The lowest BCUT2D eigenvalue weighted by atomic mass is 9.78. The van der Waals surface area contributed by atoms with Crippen LogP contribution in [0.5, 0.6) is 5.75 Å². The standard InChI is InChI=1S/C21H24FNO2/c1-16-7-9-19(10-8-16)25-14-13-23-20(24)21(11-2-3-12-21)17-5-4-6-18(22)15-17/h4-10,15H,2-3,11-14H2,1H3,(H,23,24). The third-order valence-electron chi connectivity index (χ3n) is 4.95. The van der Waals surface area contributed by atoms with Gasteiger partial charge in [0, 0.05) is 0 Å². The first kappa shape index (κ1) is 17.5. The second-order valence-electron chi connectivity index (χ2n) is 6.72. The molecule has 1 aliphatic rings. The van der Waals surface area contributed by atoms with E-state index >= 15 is 0 Å². The molecular formula is C21H24FNO2. The van der Waals surface area contributed by atoms with Crippen molar-refractivity contribution in [2.45, 2.75) is 38.0 Å². The fraction of sp³-hybridized carbons (Fsp3) is 0.381. The molecule has 1 N–H and O–H groups in total. The van der Waals surface area contributed by atoms with Crippen molar-refractivity contribution in [1.29, 1.82) is 0 Å². The number of amides is 1. The molecule has 4 heteroatoms. The van der Waals surface area contributed by atoms with Gasteiger partial charge >= 0.3 is 0 Å². The highest BCUT2D eigenvalue weighted by atomic mass is 19.1. The molecule has 1 fully saturated rings. The van der Waals surface area contributed by atoms with E-state index in [-0.39, 0.29) is 11.7 Å². The fourth-order valence-corrected chi connectivity index (χ4v) is 3.55. The van der Waals surface area contributed by atoms with Crippen LogP contribution in [0.25, 0.3) is 0 Å². The van der Waals surface area contributed by atoms with E-state index in [1.807, 2.05) is 37.3 Å². The van der Waals surface area contributed by atoms with Gasteiger partial charge < -0.3 is 10.1 Å². The van der Waals surface area contributed by atoms with Gasteiger partial charge in [-0.2, -0.15) is 0 Å². The van der Waals surface area contributed by atoms with Gasteiger partial charge in [0.25, 0.3) is 0 Å². The quantitative estimate of drug-likeness (QED) is 0.802. The van der Waals surface area contributed by atoms with Crippen molar-refractivity contribution in [3.05, 3.63) is 65.5 Å². The van der Waals surface area contributed by atoms with Gasteiger partial charge in [0.05, 0.1) is 12.0 Å². The van der Waals surface area contributed by atoms with Crippen LogP contribution in [0.2, 0.25) is 0 Å². The van der Waals surface area contributed by atoms with Crippen LogP contribution in [0, 0.1) is 12.7 Å². The fourth-order valence-electron chi connectivity index (χ4n) is 3.55. The lowest BCUT2D eigenvalue weighted by Crippen LogP contribution is -2.44. The summed E-state index contributed by atoms with van der Waals surface area (Å²) in [6, 6.07) is 14.3. The van der Waals surface area contributed by atoms with Gasteiger partial charge in [-0.15, -0.1) is 0 Å². The highest BCUT2D eigenvalue weighted by Crippen LogP contribution is 2.41. The summed E-state index contributed by atoms with van der Waals surface area (Å²) in [5.74, 6) is 0.475. The molecular weight excluding hydrogens is 317 g/mol. The maximum atomic E-state index is 13.6. The summed E-state index contributed by atoms with van der Waals surface area (Å²) in [4.78, 5) is 12.8. The van der Waals surface area contributed by atoms with Crippen molar-refractivity contribution in [2.24, 2.45) is 0 Å². The van der Waals surface area contributed by atoms with E-state index in [0.29, 0.717) is 13.2 Å². The lowest BCUT2D eigenvalue weighted by Gasteiger charge is -2.28. The van der Waals surface area contributed by atoms with Crippen molar-refractivity contribution in [3.63, 3.8) is 0 Å². The summed E-state index contributed by atoms with van der Waals surface area (Å²) in [5, 5.41) is 2.98. The normalized spacial score (nSPS) is 15.8. The zero-order valence-corrected chi connectivity index (χ0v) is 14.6. The molecule has 0 radical (unpaired) electrons. The van der Waals surface area contributed by atoms with Crippen LogP contribution < -0.4 is 10.1 Å². The van der Waals surface area contributed by atoms with Crippen molar-refractivity contribution in [1.82, 2.24) is 5.32 Å². The number of rotatable bonds is 6. The molecule has 2 aromatic carbocycles. The molecule has 1 amide bonds. The molecule has 0 bridgehead atoms. The molecule has 0 aromatic heterocycles. The van der Waals surface area contributed by atoms with Crippen molar-refractivity contribution in [2.75, 3.05) is 13.2 Å². The second-order valence-corrected chi connectivity index (χ2v) is 6.72. The molecule has 25 heavy (non-hydrogen) atoms. The number of aryl methyl sites for hydroxylation is 1. The summed E-state index contributed by atoms with van der Waals surface area (Å²) in [6.07, 6.45) is 3.51. The largest absolute Gasteiger partial charge is 0.492 e. The van der Waals surface area contributed by atoms with Gasteiger partial charge in [0.2, 0.25) is 5.91 Å². The third kappa shape index (κ3) is 4.01. The Balaban J connectivity index is 1.59. The summed E-state index contributed by atoms with van der Waals surface area (Å²) in [5.41, 5.74) is 1.35. The van der Waals surface area contributed by atoms with Crippen LogP contribution in [0.1, 0.15) is 36.8 Å². The Morgan fingerprint density at radius 1 is 1.16 bits per heavy atom. The zero-order valence-electron chi connectivity index (χ0n) is 14.6. The van der Waals surface area contributed by atoms with Gasteiger partial charge in [0.1, 0.15) is 18.2 Å². The molecule has 0 saturated heterocycles. The first-order valence-corrected chi connectivity index (χ1v) is 8.84. The Kier molecular flexibility index (Phi) is 5.37. The van der Waals surface area contributed by atoms with Gasteiger partial charge in [0.15, 0.2) is 0 Å². The molecule has 132 valence electrons. The van der Waals surface area contributed by atoms with E-state index in [2.05, 4.69) is 5.32 Å². The zero-order chi connectivity index (χ0) is 17.7. The number of carbonyl (C=O) groups is 1. The molecule has 0 heterocycles. The Morgan fingerprint density at radius 2 is 1.88 bits per heavy atom. The Hall–Kier alpha value is -2.36. The maximum absolute atomic E-state index is 13.6. The average molecular weight is 341 g/mol. The summed E-state index contributed by atoms with van der Waals surface area (Å²) >= 11 is 0. The third-order valence-corrected chi connectivity index (χ3v) is 4.95. The number of nitrogens with one attached hydrogen (secondary N) is 1.